The number of likely N-dealkylation sites (tertiary alicyclic amines) is 1. The maximum atomic E-state index is 12.2. The number of para-hydroxylation sites is 1. The number of benzene rings is 1. The van der Waals surface area contributed by atoms with Crippen molar-refractivity contribution < 1.29 is 4.79 Å². The summed E-state index contributed by atoms with van der Waals surface area (Å²) in [6, 6.07) is 5.48. The Hall–Kier alpha value is -1.03. The molecule has 0 aromatic heterocycles. The van der Waals surface area contributed by atoms with E-state index in [0.717, 1.165) is 30.4 Å². The minimum Gasteiger partial charge on any atom is -0.397 e. The minimum absolute atomic E-state index is 0.0542. The zero-order valence-electron chi connectivity index (χ0n) is 9.08. The Labute approximate surface area is 104 Å². The van der Waals surface area contributed by atoms with Crippen LogP contribution in [0.25, 0.3) is 0 Å². The summed E-state index contributed by atoms with van der Waals surface area (Å²) >= 11 is 3.34. The van der Waals surface area contributed by atoms with E-state index >= 15 is 0 Å². The summed E-state index contributed by atoms with van der Waals surface area (Å²) in [6.45, 7) is 1.70. The molecule has 1 heterocycles. The first-order valence-electron chi connectivity index (χ1n) is 5.53. The number of nitrogen functional groups attached to an aromatic ring is 1. The fourth-order valence-corrected chi connectivity index (χ4v) is 2.36. The zero-order chi connectivity index (χ0) is 11.5. The highest BCUT2D eigenvalue weighted by Crippen LogP contribution is 2.25. The molecule has 1 aromatic carbocycles. The largest absolute Gasteiger partial charge is 0.397 e. The van der Waals surface area contributed by atoms with E-state index in [2.05, 4.69) is 15.9 Å². The Kier molecular flexibility index (Phi) is 3.49. The molecule has 1 fully saturated rings. The van der Waals surface area contributed by atoms with Gasteiger partial charge in [-0.05, 0) is 47.3 Å². The number of anilines is 1. The molecule has 2 N–H and O–H groups in total. The lowest BCUT2D eigenvalue weighted by molar-refractivity contribution is 0.0725. The van der Waals surface area contributed by atoms with Crippen molar-refractivity contribution in [2.75, 3.05) is 18.8 Å². The standard InChI is InChI=1S/C12H15BrN2O/c13-10-6-4-5-9(11(10)14)12(16)15-7-2-1-3-8-15/h4-6H,1-3,7-8,14H2. The highest BCUT2D eigenvalue weighted by molar-refractivity contribution is 9.10. The summed E-state index contributed by atoms with van der Waals surface area (Å²) in [5, 5.41) is 0. The van der Waals surface area contributed by atoms with Crippen LogP contribution in [0.3, 0.4) is 0 Å². The Morgan fingerprint density at radius 1 is 1.25 bits per heavy atom. The molecule has 0 bridgehead atoms. The van der Waals surface area contributed by atoms with Crippen molar-refractivity contribution in [3.8, 4) is 0 Å². The van der Waals surface area contributed by atoms with Crippen LogP contribution >= 0.6 is 15.9 Å². The second kappa shape index (κ2) is 4.87. The van der Waals surface area contributed by atoms with Gasteiger partial charge < -0.3 is 10.6 Å². The van der Waals surface area contributed by atoms with E-state index in [-0.39, 0.29) is 5.91 Å². The first kappa shape index (κ1) is 11.5. The second-order valence-corrected chi connectivity index (χ2v) is 4.91. The predicted octanol–water partition coefficient (Wildman–Crippen LogP) is 2.66. The van der Waals surface area contributed by atoms with E-state index in [4.69, 9.17) is 5.73 Å². The zero-order valence-corrected chi connectivity index (χ0v) is 10.7. The van der Waals surface area contributed by atoms with Gasteiger partial charge in [-0.1, -0.05) is 6.07 Å². The molecule has 1 amide bonds. The third kappa shape index (κ3) is 2.21. The summed E-state index contributed by atoms with van der Waals surface area (Å²) < 4.78 is 0.787. The Morgan fingerprint density at radius 3 is 2.62 bits per heavy atom. The molecule has 1 aromatic rings. The topological polar surface area (TPSA) is 46.3 Å². The van der Waals surface area contributed by atoms with Gasteiger partial charge in [0.15, 0.2) is 0 Å². The van der Waals surface area contributed by atoms with Gasteiger partial charge in [-0.3, -0.25) is 4.79 Å². The van der Waals surface area contributed by atoms with Crippen molar-refractivity contribution in [3.05, 3.63) is 28.2 Å². The molecule has 1 aliphatic rings. The number of rotatable bonds is 1. The van der Waals surface area contributed by atoms with Crippen LogP contribution in [-0.4, -0.2) is 23.9 Å². The van der Waals surface area contributed by atoms with Gasteiger partial charge in [0.05, 0.1) is 11.3 Å². The second-order valence-electron chi connectivity index (χ2n) is 4.05. The average Bonchev–Trinajstić information content (AvgIpc) is 2.33. The van der Waals surface area contributed by atoms with Gasteiger partial charge in [-0.15, -0.1) is 0 Å². The molecule has 0 unspecified atom stereocenters. The monoisotopic (exact) mass is 282 g/mol. The van der Waals surface area contributed by atoms with Crippen molar-refractivity contribution in [1.82, 2.24) is 4.90 Å². The molecule has 16 heavy (non-hydrogen) atoms. The van der Waals surface area contributed by atoms with Crippen molar-refractivity contribution in [2.45, 2.75) is 19.3 Å². The number of amides is 1. The molecule has 0 saturated carbocycles. The van der Waals surface area contributed by atoms with Crippen molar-refractivity contribution >= 4 is 27.5 Å². The molecule has 0 atom stereocenters. The van der Waals surface area contributed by atoms with Crippen LogP contribution in [0.5, 0.6) is 0 Å². The van der Waals surface area contributed by atoms with Crippen molar-refractivity contribution in [2.24, 2.45) is 0 Å². The molecule has 1 saturated heterocycles. The number of nitrogens with two attached hydrogens (primary N) is 1. The highest BCUT2D eigenvalue weighted by Gasteiger charge is 2.20. The van der Waals surface area contributed by atoms with Crippen LogP contribution in [0, 0.1) is 0 Å². The van der Waals surface area contributed by atoms with Crippen LogP contribution in [0.2, 0.25) is 0 Å². The Bertz CT molecular complexity index is 400. The van der Waals surface area contributed by atoms with E-state index in [1.54, 1.807) is 6.07 Å². The van der Waals surface area contributed by atoms with Gasteiger partial charge >= 0.3 is 0 Å². The van der Waals surface area contributed by atoms with Crippen molar-refractivity contribution in [3.63, 3.8) is 0 Å². The first-order chi connectivity index (χ1) is 7.70. The van der Waals surface area contributed by atoms with Crippen molar-refractivity contribution in [1.29, 1.82) is 0 Å². The lowest BCUT2D eigenvalue weighted by Gasteiger charge is -2.27. The number of hydrogen-bond acceptors (Lipinski definition) is 2. The lowest BCUT2D eigenvalue weighted by Crippen LogP contribution is -2.36. The van der Waals surface area contributed by atoms with E-state index in [0.29, 0.717) is 11.3 Å². The first-order valence-corrected chi connectivity index (χ1v) is 6.32. The molecule has 0 radical (unpaired) electrons. The molecule has 3 nitrogen and oxygen atoms in total. The van der Waals surface area contributed by atoms with Gasteiger partial charge in [-0.2, -0.15) is 0 Å². The highest BCUT2D eigenvalue weighted by atomic mass is 79.9. The molecule has 2 rings (SSSR count). The fourth-order valence-electron chi connectivity index (χ4n) is 1.99. The average molecular weight is 283 g/mol. The van der Waals surface area contributed by atoms with E-state index in [1.165, 1.54) is 6.42 Å². The maximum Gasteiger partial charge on any atom is 0.255 e. The Morgan fingerprint density at radius 2 is 1.94 bits per heavy atom. The van der Waals surface area contributed by atoms with E-state index in [1.807, 2.05) is 17.0 Å². The quantitative estimate of drug-likeness (QED) is 0.805. The minimum atomic E-state index is 0.0542. The van der Waals surface area contributed by atoms with Gasteiger partial charge in [0.25, 0.3) is 5.91 Å². The third-order valence-corrected chi connectivity index (χ3v) is 3.62. The number of hydrogen-bond donors (Lipinski definition) is 1. The number of carbonyl (C=O) groups is 1. The SMILES string of the molecule is Nc1c(Br)cccc1C(=O)N1CCCCC1. The number of halogens is 1. The van der Waals surface area contributed by atoms with Crippen LogP contribution in [0.15, 0.2) is 22.7 Å². The van der Waals surface area contributed by atoms with Gasteiger partial charge in [0.1, 0.15) is 0 Å². The summed E-state index contributed by atoms with van der Waals surface area (Å²) in [5.74, 6) is 0.0542. The van der Waals surface area contributed by atoms with Gasteiger partial charge in [0, 0.05) is 17.6 Å². The van der Waals surface area contributed by atoms with Gasteiger partial charge in [0.2, 0.25) is 0 Å². The summed E-state index contributed by atoms with van der Waals surface area (Å²) in [7, 11) is 0. The van der Waals surface area contributed by atoms with Crippen LogP contribution < -0.4 is 5.73 Å². The molecule has 86 valence electrons. The Balaban J connectivity index is 2.22. The molecule has 4 heteroatoms. The fraction of sp³-hybridized carbons (Fsp3) is 0.417. The molecular formula is C12H15BrN2O. The summed E-state index contributed by atoms with van der Waals surface area (Å²) in [4.78, 5) is 14.1. The smallest absolute Gasteiger partial charge is 0.255 e. The summed E-state index contributed by atoms with van der Waals surface area (Å²) in [6.07, 6.45) is 3.41. The lowest BCUT2D eigenvalue weighted by atomic mass is 10.1. The molecule has 0 aliphatic carbocycles. The van der Waals surface area contributed by atoms with E-state index < -0.39 is 0 Å². The van der Waals surface area contributed by atoms with E-state index in [9.17, 15) is 4.79 Å². The third-order valence-electron chi connectivity index (χ3n) is 2.93. The van der Waals surface area contributed by atoms with Gasteiger partial charge in [-0.25, -0.2) is 0 Å². The number of carbonyl (C=O) groups excluding carboxylic acids is 1. The maximum absolute atomic E-state index is 12.2. The normalized spacial score (nSPS) is 16.2. The number of nitrogens with zero attached hydrogens (tertiary/aromatic N) is 1. The molecular weight excluding hydrogens is 268 g/mol. The summed E-state index contributed by atoms with van der Waals surface area (Å²) in [5.41, 5.74) is 7.04. The number of piperidine rings is 1. The van der Waals surface area contributed by atoms with Crippen LogP contribution in [0.1, 0.15) is 29.6 Å². The van der Waals surface area contributed by atoms with Crippen LogP contribution in [-0.2, 0) is 0 Å². The predicted molar refractivity (Wildman–Crippen MR) is 68.3 cm³/mol. The van der Waals surface area contributed by atoms with Crippen LogP contribution in [0.4, 0.5) is 5.69 Å². The molecule has 1 aliphatic heterocycles. The molecule has 0 spiro atoms.